The van der Waals surface area contributed by atoms with Crippen molar-refractivity contribution in [3.05, 3.63) is 54.6 Å². The molecule has 8 nitrogen and oxygen atoms in total. The van der Waals surface area contributed by atoms with Crippen molar-refractivity contribution in [2.45, 2.75) is 6.54 Å². The molecule has 4 rings (SSSR count). The van der Waals surface area contributed by atoms with Gasteiger partial charge in [-0.2, -0.15) is 0 Å². The van der Waals surface area contributed by atoms with Crippen LogP contribution in [0.25, 0.3) is 11.3 Å². The number of hydrogen-bond acceptors (Lipinski definition) is 7. The number of fused-ring (bicyclic) bond motifs is 1. The maximum Gasteiger partial charge on any atom is 0.260 e. The molecule has 3 heterocycles. The minimum Gasteiger partial charge on any atom is -0.484 e. The number of ether oxygens (including phenoxy) is 3. The zero-order valence-electron chi connectivity index (χ0n) is 14.6. The molecule has 0 unspecified atom stereocenters. The zero-order valence-corrected chi connectivity index (χ0v) is 14.6. The number of hydrogen-bond donors (Lipinski definition) is 0. The maximum absolute atomic E-state index is 12.3. The number of carbonyl (C=O) groups is 1. The second-order valence-electron chi connectivity index (χ2n) is 5.97. The largest absolute Gasteiger partial charge is 0.484 e. The van der Waals surface area contributed by atoms with Gasteiger partial charge in [-0.3, -0.25) is 9.78 Å². The van der Waals surface area contributed by atoms with Crippen LogP contribution in [0.3, 0.4) is 0 Å². The SMILES string of the molecule is CN(Cc1cc(-c2ccncc2)no1)C(=O)COc1ccc2c(c1)OCO2. The Hall–Kier alpha value is -3.55. The fourth-order valence-corrected chi connectivity index (χ4v) is 2.59. The Labute approximate surface area is 155 Å². The van der Waals surface area contributed by atoms with Gasteiger partial charge in [0.1, 0.15) is 11.4 Å². The third kappa shape index (κ3) is 3.84. The van der Waals surface area contributed by atoms with E-state index in [1.54, 1.807) is 43.7 Å². The standard InChI is InChI=1S/C19H17N3O5/c1-22(10-15-8-16(21-27-15)13-4-6-20-7-5-13)19(23)11-24-14-2-3-17-18(9-14)26-12-25-17/h2-9H,10-12H2,1H3. The molecule has 0 radical (unpaired) electrons. The minimum atomic E-state index is -0.186. The number of benzene rings is 1. The van der Waals surface area contributed by atoms with Crippen molar-refractivity contribution in [3.8, 4) is 28.5 Å². The van der Waals surface area contributed by atoms with Crippen LogP contribution >= 0.6 is 0 Å². The molecule has 0 saturated heterocycles. The molecule has 0 N–H and O–H groups in total. The van der Waals surface area contributed by atoms with Crippen LogP contribution in [-0.4, -0.2) is 41.4 Å². The summed E-state index contributed by atoms with van der Waals surface area (Å²) in [5, 5.41) is 4.03. The summed E-state index contributed by atoms with van der Waals surface area (Å²) in [6.07, 6.45) is 3.37. The van der Waals surface area contributed by atoms with Crippen LogP contribution in [0, 0.1) is 0 Å². The predicted octanol–water partition coefficient (Wildman–Crippen LogP) is 2.50. The quantitative estimate of drug-likeness (QED) is 0.661. The average molecular weight is 367 g/mol. The number of aromatic nitrogens is 2. The normalized spacial score (nSPS) is 12.0. The van der Waals surface area contributed by atoms with Gasteiger partial charge in [0.05, 0.1) is 6.54 Å². The van der Waals surface area contributed by atoms with Gasteiger partial charge < -0.3 is 23.6 Å². The van der Waals surface area contributed by atoms with Crippen molar-refractivity contribution in [2.24, 2.45) is 0 Å². The van der Waals surface area contributed by atoms with E-state index in [2.05, 4.69) is 10.1 Å². The Morgan fingerprint density at radius 2 is 1.96 bits per heavy atom. The fraction of sp³-hybridized carbons (Fsp3) is 0.211. The first-order chi connectivity index (χ1) is 13.2. The Morgan fingerprint density at radius 3 is 2.81 bits per heavy atom. The summed E-state index contributed by atoms with van der Waals surface area (Å²) in [5.41, 5.74) is 1.60. The summed E-state index contributed by atoms with van der Waals surface area (Å²) < 4.78 is 21.4. The fourth-order valence-electron chi connectivity index (χ4n) is 2.59. The number of nitrogens with zero attached hydrogens (tertiary/aromatic N) is 3. The van der Waals surface area contributed by atoms with Crippen LogP contribution in [0.5, 0.6) is 17.2 Å². The van der Waals surface area contributed by atoms with Crippen LogP contribution in [-0.2, 0) is 11.3 Å². The molecule has 0 fully saturated rings. The second-order valence-corrected chi connectivity index (χ2v) is 5.97. The van der Waals surface area contributed by atoms with Crippen LogP contribution < -0.4 is 14.2 Å². The predicted molar refractivity (Wildman–Crippen MR) is 94.3 cm³/mol. The molecule has 1 aliphatic rings. The van der Waals surface area contributed by atoms with E-state index in [1.807, 2.05) is 12.1 Å². The molecule has 0 spiro atoms. The minimum absolute atomic E-state index is 0.0957. The number of pyridine rings is 1. The summed E-state index contributed by atoms with van der Waals surface area (Å²) in [5.74, 6) is 2.22. The number of amides is 1. The lowest BCUT2D eigenvalue weighted by molar-refractivity contribution is -0.132. The van der Waals surface area contributed by atoms with Crippen molar-refractivity contribution in [3.63, 3.8) is 0 Å². The van der Waals surface area contributed by atoms with Crippen LogP contribution in [0.4, 0.5) is 0 Å². The van der Waals surface area contributed by atoms with E-state index in [0.29, 0.717) is 35.2 Å². The number of rotatable bonds is 6. The van der Waals surface area contributed by atoms with E-state index in [1.165, 1.54) is 4.90 Å². The molecule has 1 amide bonds. The number of likely N-dealkylation sites (N-methyl/N-ethyl adjacent to an activating group) is 1. The van der Waals surface area contributed by atoms with Crippen molar-refractivity contribution in [1.29, 1.82) is 0 Å². The lowest BCUT2D eigenvalue weighted by Gasteiger charge is -2.15. The third-order valence-electron chi connectivity index (χ3n) is 4.06. The Bertz CT molecular complexity index is 942. The highest BCUT2D eigenvalue weighted by atomic mass is 16.7. The van der Waals surface area contributed by atoms with E-state index in [9.17, 15) is 4.79 Å². The molecule has 0 bridgehead atoms. The monoisotopic (exact) mass is 367 g/mol. The smallest absolute Gasteiger partial charge is 0.260 e. The molecular formula is C19H17N3O5. The molecule has 0 saturated carbocycles. The van der Waals surface area contributed by atoms with Crippen molar-refractivity contribution < 1.29 is 23.5 Å². The van der Waals surface area contributed by atoms with Gasteiger partial charge >= 0.3 is 0 Å². The summed E-state index contributed by atoms with van der Waals surface area (Å²) >= 11 is 0. The summed E-state index contributed by atoms with van der Waals surface area (Å²) in [6, 6.07) is 10.7. The first-order valence-electron chi connectivity index (χ1n) is 8.31. The Morgan fingerprint density at radius 1 is 1.15 bits per heavy atom. The van der Waals surface area contributed by atoms with Gasteiger partial charge in [0, 0.05) is 37.1 Å². The van der Waals surface area contributed by atoms with E-state index in [0.717, 1.165) is 5.56 Å². The Kier molecular flexibility index (Phi) is 4.61. The topological polar surface area (TPSA) is 86.9 Å². The van der Waals surface area contributed by atoms with Crippen molar-refractivity contribution >= 4 is 5.91 Å². The van der Waals surface area contributed by atoms with Crippen LogP contribution in [0.15, 0.2) is 53.3 Å². The van der Waals surface area contributed by atoms with Crippen molar-refractivity contribution in [1.82, 2.24) is 15.0 Å². The molecule has 2 aromatic heterocycles. The molecule has 3 aromatic rings. The van der Waals surface area contributed by atoms with Gasteiger partial charge in [0.15, 0.2) is 23.9 Å². The maximum atomic E-state index is 12.3. The average Bonchev–Trinajstić information content (AvgIpc) is 3.35. The first kappa shape index (κ1) is 16.9. The highest BCUT2D eigenvalue weighted by molar-refractivity contribution is 5.77. The van der Waals surface area contributed by atoms with Gasteiger partial charge in [-0.05, 0) is 24.3 Å². The van der Waals surface area contributed by atoms with Gasteiger partial charge in [0.25, 0.3) is 5.91 Å². The van der Waals surface area contributed by atoms with Gasteiger partial charge in [-0.1, -0.05) is 5.16 Å². The summed E-state index contributed by atoms with van der Waals surface area (Å²) in [7, 11) is 1.68. The van der Waals surface area contributed by atoms with E-state index in [4.69, 9.17) is 18.7 Å². The summed E-state index contributed by atoms with van der Waals surface area (Å²) in [6.45, 7) is 0.391. The molecule has 27 heavy (non-hydrogen) atoms. The van der Waals surface area contributed by atoms with Gasteiger partial charge in [0.2, 0.25) is 6.79 Å². The molecule has 138 valence electrons. The third-order valence-corrected chi connectivity index (χ3v) is 4.06. The molecule has 8 heteroatoms. The lowest BCUT2D eigenvalue weighted by atomic mass is 10.2. The van der Waals surface area contributed by atoms with Gasteiger partial charge in [-0.15, -0.1) is 0 Å². The molecular weight excluding hydrogens is 350 g/mol. The highest BCUT2D eigenvalue weighted by Gasteiger charge is 2.16. The summed E-state index contributed by atoms with van der Waals surface area (Å²) in [4.78, 5) is 17.8. The van der Waals surface area contributed by atoms with Crippen LogP contribution in [0.2, 0.25) is 0 Å². The van der Waals surface area contributed by atoms with Crippen molar-refractivity contribution in [2.75, 3.05) is 20.4 Å². The van der Waals surface area contributed by atoms with Crippen LogP contribution in [0.1, 0.15) is 5.76 Å². The highest BCUT2D eigenvalue weighted by Crippen LogP contribution is 2.35. The van der Waals surface area contributed by atoms with E-state index >= 15 is 0 Å². The molecule has 1 aromatic carbocycles. The zero-order chi connectivity index (χ0) is 18.6. The van der Waals surface area contributed by atoms with E-state index in [-0.39, 0.29) is 19.3 Å². The molecule has 0 aliphatic carbocycles. The first-order valence-corrected chi connectivity index (χ1v) is 8.31. The molecule has 0 atom stereocenters. The Balaban J connectivity index is 1.32. The number of carbonyl (C=O) groups excluding carboxylic acids is 1. The van der Waals surface area contributed by atoms with E-state index < -0.39 is 0 Å². The van der Waals surface area contributed by atoms with Gasteiger partial charge in [-0.25, -0.2) is 0 Å². The second kappa shape index (κ2) is 7.36. The molecule has 1 aliphatic heterocycles. The lowest BCUT2D eigenvalue weighted by Crippen LogP contribution is -2.30.